The van der Waals surface area contributed by atoms with Gasteiger partial charge >= 0.3 is 6.18 Å². The number of amides is 1. The molecule has 1 amide bonds. The number of ether oxygens (including phenoxy) is 2. The number of halogens is 3. The molecule has 3 aliphatic rings. The van der Waals surface area contributed by atoms with E-state index in [1.54, 1.807) is 13.0 Å². The average molecular weight is 615 g/mol. The van der Waals surface area contributed by atoms with Crippen LogP contribution in [-0.2, 0) is 11.1 Å². The maximum Gasteiger partial charge on any atom is 0.424 e. The molecular weight excluding hydrogens is 583 g/mol. The maximum absolute atomic E-state index is 14.7. The second-order valence-electron chi connectivity index (χ2n) is 11.5. The topological polar surface area (TPSA) is 176 Å². The van der Waals surface area contributed by atoms with E-state index in [1.165, 1.54) is 19.2 Å². The number of carbonyl (C=O) groups excluding carboxylic acids is 1. The van der Waals surface area contributed by atoms with Crippen LogP contribution in [0.4, 0.5) is 18.9 Å². The Bertz CT molecular complexity index is 1710. The fourth-order valence-electron chi connectivity index (χ4n) is 5.35. The number of methoxy groups -OCH3 is 1. The van der Waals surface area contributed by atoms with Crippen molar-refractivity contribution in [3.63, 3.8) is 0 Å². The summed E-state index contributed by atoms with van der Waals surface area (Å²) in [5.41, 5.74) is 8.11. The van der Waals surface area contributed by atoms with Gasteiger partial charge in [0, 0.05) is 34.2 Å². The Morgan fingerprint density at radius 1 is 1.23 bits per heavy atom. The zero-order chi connectivity index (χ0) is 31.6. The molecular formula is C30H31F3N5O6+. The maximum atomic E-state index is 14.7. The second-order valence-corrected chi connectivity index (χ2v) is 11.5. The van der Waals surface area contributed by atoms with Crippen molar-refractivity contribution < 1.29 is 48.2 Å². The molecule has 1 saturated carbocycles. The summed E-state index contributed by atoms with van der Waals surface area (Å²) in [5, 5.41) is 33.3. The zero-order valence-corrected chi connectivity index (χ0v) is 23.7. The smallest absolute Gasteiger partial charge is 0.424 e. The van der Waals surface area contributed by atoms with E-state index in [4.69, 9.17) is 15.2 Å². The number of aliphatic hydroxyl groups is 1. The number of phenolic OH excluding ortho intramolecular Hbond substituents is 2. The molecule has 6 rings (SSSR count). The van der Waals surface area contributed by atoms with Gasteiger partial charge in [0.05, 0.1) is 24.9 Å². The first-order valence-corrected chi connectivity index (χ1v) is 13.8. The molecule has 3 heterocycles. The van der Waals surface area contributed by atoms with Crippen LogP contribution in [0.1, 0.15) is 46.9 Å². The number of phenols is 2. The van der Waals surface area contributed by atoms with Gasteiger partial charge in [0.25, 0.3) is 5.91 Å². The monoisotopic (exact) mass is 614 g/mol. The SMILES string of the molecule is COc1cc(C(=O)NC[C@](O)(c2cc3c(c(-c4ccc(O)c(O)c4)n2)OC[C@]3(C)N)C(F)(F)F)cc2c1N[NH2+]C(C1CC1)=C2. The third kappa shape index (κ3) is 5.04. The lowest BCUT2D eigenvalue weighted by Crippen LogP contribution is -2.87. The molecule has 2 aromatic carbocycles. The van der Waals surface area contributed by atoms with Crippen LogP contribution in [-0.4, -0.2) is 52.6 Å². The molecule has 1 aromatic heterocycles. The standard InChI is InChI=1S/C30H30F3N5O6/c1-28(34)13-44-26-18(28)11-23(36-25(26)15-5-6-20(39)21(40)9-15)29(42,30(31,32)33)12-35-27(41)17-7-16-8-19(14-3-4-14)37-38-24(16)22(10-17)43-2/h5-11,14,37-40,42H,3-4,12-13,34H2,1-2H3,(H,35,41)/p+1/t28-,29-/m0/s1. The normalized spacial score (nSPS) is 20.4. The number of carbonyl (C=O) groups is 1. The first kappa shape index (κ1) is 29.5. The Labute approximate surface area is 249 Å². The Hall–Kier alpha value is -4.53. The summed E-state index contributed by atoms with van der Waals surface area (Å²) in [7, 11) is 1.42. The van der Waals surface area contributed by atoms with Gasteiger partial charge in [0.1, 0.15) is 29.4 Å². The Morgan fingerprint density at radius 3 is 2.64 bits per heavy atom. The number of nitrogens with one attached hydrogen (secondary N) is 2. The number of alkyl halides is 3. The van der Waals surface area contributed by atoms with E-state index >= 15 is 0 Å². The molecule has 0 saturated heterocycles. The molecule has 2 aliphatic heterocycles. The number of anilines is 1. The van der Waals surface area contributed by atoms with E-state index in [-0.39, 0.29) is 34.7 Å². The Kier molecular flexibility index (Phi) is 6.90. The van der Waals surface area contributed by atoms with Crippen molar-refractivity contribution in [1.29, 1.82) is 0 Å². The summed E-state index contributed by atoms with van der Waals surface area (Å²) in [6, 6.07) is 7.52. The van der Waals surface area contributed by atoms with Crippen LogP contribution in [0.15, 0.2) is 42.1 Å². The van der Waals surface area contributed by atoms with Crippen LogP contribution in [0.5, 0.6) is 23.0 Å². The Balaban J connectivity index is 1.37. The number of aromatic nitrogens is 1. The number of nitrogens with two attached hydrogens (primary N) is 2. The fourth-order valence-corrected chi connectivity index (χ4v) is 5.35. The number of aromatic hydroxyl groups is 2. The highest BCUT2D eigenvalue weighted by atomic mass is 19.4. The number of nitrogen functional groups attached to an aromatic ring is 1. The van der Waals surface area contributed by atoms with E-state index in [0.29, 0.717) is 22.9 Å². The van der Waals surface area contributed by atoms with Crippen molar-refractivity contribution in [1.82, 2.24) is 10.3 Å². The third-order valence-corrected chi connectivity index (χ3v) is 8.12. The number of allylic oxidation sites excluding steroid dienone is 1. The number of nitrogens with zero attached hydrogens (tertiary/aromatic N) is 1. The number of pyridine rings is 1. The van der Waals surface area contributed by atoms with E-state index in [0.717, 1.165) is 36.7 Å². The van der Waals surface area contributed by atoms with Gasteiger partial charge in [0.2, 0.25) is 5.60 Å². The van der Waals surface area contributed by atoms with E-state index in [2.05, 4.69) is 15.7 Å². The van der Waals surface area contributed by atoms with Crippen LogP contribution < -0.4 is 31.4 Å². The summed E-state index contributed by atoms with van der Waals surface area (Å²) >= 11 is 0. The predicted octanol–water partition coefficient (Wildman–Crippen LogP) is 2.57. The van der Waals surface area contributed by atoms with Gasteiger partial charge in [-0.05, 0) is 56.2 Å². The van der Waals surface area contributed by atoms with Gasteiger partial charge in [-0.3, -0.25) is 4.79 Å². The third-order valence-electron chi connectivity index (χ3n) is 8.12. The highest BCUT2D eigenvalue weighted by Crippen LogP contribution is 2.47. The number of rotatable bonds is 7. The summed E-state index contributed by atoms with van der Waals surface area (Å²) in [6.45, 7) is 0.182. The average Bonchev–Trinajstić information content (AvgIpc) is 3.79. The molecule has 0 spiro atoms. The zero-order valence-electron chi connectivity index (χ0n) is 23.7. The van der Waals surface area contributed by atoms with Gasteiger partial charge in [-0.1, -0.05) is 0 Å². The molecule has 232 valence electrons. The molecule has 44 heavy (non-hydrogen) atoms. The van der Waals surface area contributed by atoms with Crippen molar-refractivity contribution in [3.8, 4) is 34.3 Å². The second kappa shape index (κ2) is 10.3. The minimum Gasteiger partial charge on any atom is -0.504 e. The largest absolute Gasteiger partial charge is 0.504 e. The highest BCUT2D eigenvalue weighted by molar-refractivity contribution is 5.97. The molecule has 1 fully saturated rings. The van der Waals surface area contributed by atoms with Gasteiger partial charge < -0.3 is 35.8 Å². The molecule has 0 radical (unpaired) electrons. The predicted molar refractivity (Wildman–Crippen MR) is 152 cm³/mol. The first-order chi connectivity index (χ1) is 20.7. The minimum absolute atomic E-state index is 0.0327. The summed E-state index contributed by atoms with van der Waals surface area (Å²) in [5.74, 6) is -1.05. The lowest BCUT2D eigenvalue weighted by molar-refractivity contribution is -0.579. The summed E-state index contributed by atoms with van der Waals surface area (Å²) in [4.78, 5) is 17.4. The van der Waals surface area contributed by atoms with Crippen molar-refractivity contribution in [2.75, 3.05) is 25.7 Å². The van der Waals surface area contributed by atoms with Crippen LogP contribution in [0.3, 0.4) is 0 Å². The molecule has 2 atom stereocenters. The van der Waals surface area contributed by atoms with Gasteiger partial charge in [-0.15, -0.1) is 0 Å². The van der Waals surface area contributed by atoms with Gasteiger partial charge in [-0.25, -0.2) is 15.8 Å². The number of quaternary nitrogens is 1. The van der Waals surface area contributed by atoms with Crippen LogP contribution >= 0.6 is 0 Å². The van der Waals surface area contributed by atoms with Gasteiger partial charge in [-0.2, -0.15) is 13.2 Å². The molecule has 3 aromatic rings. The lowest BCUT2D eigenvalue weighted by atomic mass is 9.89. The Morgan fingerprint density at radius 2 is 1.98 bits per heavy atom. The van der Waals surface area contributed by atoms with Gasteiger partial charge in [0.15, 0.2) is 17.2 Å². The number of hydrogen-bond acceptors (Lipinski definition) is 9. The number of fused-ring (bicyclic) bond motifs is 2. The van der Waals surface area contributed by atoms with E-state index < -0.39 is 47.0 Å². The molecule has 14 heteroatoms. The number of hydrogen-bond donors (Lipinski definition) is 7. The molecule has 0 unspecified atom stereocenters. The summed E-state index contributed by atoms with van der Waals surface area (Å²) in [6.07, 6.45) is -1.28. The van der Waals surface area contributed by atoms with E-state index in [1.807, 2.05) is 11.5 Å². The van der Waals surface area contributed by atoms with E-state index in [9.17, 15) is 33.3 Å². The fraction of sp³-hybridized carbons (Fsp3) is 0.333. The van der Waals surface area contributed by atoms with Crippen molar-refractivity contribution in [2.45, 2.75) is 37.1 Å². The summed E-state index contributed by atoms with van der Waals surface area (Å²) < 4.78 is 55.2. The molecule has 1 aliphatic carbocycles. The molecule has 0 bridgehead atoms. The first-order valence-electron chi connectivity index (χ1n) is 13.8. The molecule has 9 N–H and O–H groups in total. The minimum atomic E-state index is -5.30. The quantitative estimate of drug-likeness (QED) is 0.156. The number of benzene rings is 2. The molecule has 11 nitrogen and oxygen atoms in total. The van der Waals surface area contributed by atoms with Crippen molar-refractivity contribution >= 4 is 17.7 Å². The lowest BCUT2D eigenvalue weighted by Gasteiger charge is -2.31. The highest BCUT2D eigenvalue weighted by Gasteiger charge is 2.57. The van der Waals surface area contributed by atoms with Crippen LogP contribution in [0.2, 0.25) is 0 Å². The van der Waals surface area contributed by atoms with Crippen molar-refractivity contribution in [3.05, 3.63) is 64.5 Å². The van der Waals surface area contributed by atoms with Crippen LogP contribution in [0, 0.1) is 5.92 Å². The van der Waals surface area contributed by atoms with Crippen molar-refractivity contribution in [2.24, 2.45) is 11.7 Å². The van der Waals surface area contributed by atoms with Crippen LogP contribution in [0.25, 0.3) is 17.3 Å².